The second kappa shape index (κ2) is 4.44. The molecule has 2 N–H and O–H groups in total. The molecule has 4 heteroatoms. The minimum Gasteiger partial charge on any atom is -0.399 e. The number of aryl methyl sites for hydroxylation is 3. The SMILES string of the molecule is Cn1nc(C2CC2)nc1CCc1ccccc1N. The van der Waals surface area contributed by atoms with Gasteiger partial charge in [0.2, 0.25) is 0 Å². The number of hydrogen-bond donors (Lipinski definition) is 1. The minimum atomic E-state index is 0.617. The van der Waals surface area contributed by atoms with Crippen LogP contribution in [0.2, 0.25) is 0 Å². The first-order valence-corrected chi connectivity index (χ1v) is 6.47. The van der Waals surface area contributed by atoms with Gasteiger partial charge in [-0.15, -0.1) is 0 Å². The molecule has 1 fully saturated rings. The highest BCUT2D eigenvalue weighted by atomic mass is 15.3. The second-order valence-corrected chi connectivity index (χ2v) is 4.98. The lowest BCUT2D eigenvalue weighted by Crippen LogP contribution is -2.03. The first-order valence-electron chi connectivity index (χ1n) is 6.47. The van der Waals surface area contributed by atoms with Crippen molar-refractivity contribution in [2.24, 2.45) is 7.05 Å². The molecule has 3 rings (SSSR count). The van der Waals surface area contributed by atoms with E-state index in [1.54, 1.807) is 0 Å². The molecule has 0 amide bonds. The van der Waals surface area contributed by atoms with Crippen molar-refractivity contribution >= 4 is 5.69 Å². The molecule has 1 aliphatic carbocycles. The lowest BCUT2D eigenvalue weighted by Gasteiger charge is -2.04. The van der Waals surface area contributed by atoms with Gasteiger partial charge in [0.05, 0.1) is 0 Å². The summed E-state index contributed by atoms with van der Waals surface area (Å²) >= 11 is 0. The van der Waals surface area contributed by atoms with Crippen LogP contribution in [0.1, 0.15) is 36.0 Å². The van der Waals surface area contributed by atoms with Crippen LogP contribution >= 0.6 is 0 Å². The van der Waals surface area contributed by atoms with Crippen molar-refractivity contribution in [1.29, 1.82) is 0 Å². The first kappa shape index (κ1) is 11.3. The van der Waals surface area contributed by atoms with Crippen LogP contribution in [0.5, 0.6) is 0 Å². The molecule has 0 unspecified atom stereocenters. The zero-order valence-electron chi connectivity index (χ0n) is 10.6. The number of hydrogen-bond acceptors (Lipinski definition) is 3. The molecule has 1 aliphatic rings. The average molecular weight is 242 g/mol. The standard InChI is InChI=1S/C14H18N4/c1-18-13(16-14(17-18)11-6-7-11)9-8-10-4-2-3-5-12(10)15/h2-5,11H,6-9,15H2,1H3. The molecule has 94 valence electrons. The Labute approximate surface area is 107 Å². The van der Waals surface area contributed by atoms with Crippen LogP contribution in [0.15, 0.2) is 24.3 Å². The van der Waals surface area contributed by atoms with Gasteiger partial charge in [-0.25, -0.2) is 4.98 Å². The smallest absolute Gasteiger partial charge is 0.154 e. The maximum Gasteiger partial charge on any atom is 0.154 e. The highest BCUT2D eigenvalue weighted by Gasteiger charge is 2.28. The van der Waals surface area contributed by atoms with E-state index in [9.17, 15) is 0 Å². The molecule has 0 bridgehead atoms. The van der Waals surface area contributed by atoms with E-state index in [2.05, 4.69) is 16.1 Å². The van der Waals surface area contributed by atoms with Gasteiger partial charge in [-0.3, -0.25) is 4.68 Å². The Balaban J connectivity index is 1.71. The number of nitrogens with two attached hydrogens (primary N) is 1. The third-order valence-corrected chi connectivity index (χ3v) is 3.49. The molecular formula is C14H18N4. The number of aromatic nitrogens is 3. The van der Waals surface area contributed by atoms with E-state index < -0.39 is 0 Å². The van der Waals surface area contributed by atoms with Gasteiger partial charge in [-0.05, 0) is 30.9 Å². The number of para-hydroxylation sites is 1. The summed E-state index contributed by atoms with van der Waals surface area (Å²) in [5.41, 5.74) is 7.99. The molecule has 0 radical (unpaired) electrons. The van der Waals surface area contributed by atoms with Crippen molar-refractivity contribution in [3.63, 3.8) is 0 Å². The van der Waals surface area contributed by atoms with Crippen molar-refractivity contribution in [2.75, 3.05) is 5.73 Å². The summed E-state index contributed by atoms with van der Waals surface area (Å²) in [5, 5.41) is 4.48. The molecule has 0 aliphatic heterocycles. The monoisotopic (exact) mass is 242 g/mol. The fourth-order valence-electron chi connectivity index (χ4n) is 2.18. The summed E-state index contributed by atoms with van der Waals surface area (Å²) in [6.45, 7) is 0. The van der Waals surface area contributed by atoms with Gasteiger partial charge >= 0.3 is 0 Å². The highest BCUT2D eigenvalue weighted by Crippen LogP contribution is 2.38. The summed E-state index contributed by atoms with van der Waals surface area (Å²) in [7, 11) is 1.97. The fourth-order valence-corrected chi connectivity index (χ4v) is 2.18. The largest absolute Gasteiger partial charge is 0.399 e. The van der Waals surface area contributed by atoms with Crippen LogP contribution in [0.25, 0.3) is 0 Å². The minimum absolute atomic E-state index is 0.617. The van der Waals surface area contributed by atoms with E-state index in [1.165, 1.54) is 18.4 Å². The summed E-state index contributed by atoms with van der Waals surface area (Å²) in [4.78, 5) is 4.63. The molecule has 4 nitrogen and oxygen atoms in total. The zero-order chi connectivity index (χ0) is 12.5. The third kappa shape index (κ3) is 2.23. The number of benzene rings is 1. The predicted octanol–water partition coefficient (Wildman–Crippen LogP) is 2.06. The Bertz CT molecular complexity index is 555. The van der Waals surface area contributed by atoms with Crippen molar-refractivity contribution in [3.8, 4) is 0 Å². The van der Waals surface area contributed by atoms with Gasteiger partial charge < -0.3 is 5.73 Å². The van der Waals surface area contributed by atoms with Crippen LogP contribution in [-0.4, -0.2) is 14.8 Å². The molecule has 1 aromatic heterocycles. The van der Waals surface area contributed by atoms with Crippen LogP contribution in [0.3, 0.4) is 0 Å². The summed E-state index contributed by atoms with van der Waals surface area (Å²) < 4.78 is 1.91. The van der Waals surface area contributed by atoms with Crippen molar-refractivity contribution in [1.82, 2.24) is 14.8 Å². The maximum atomic E-state index is 5.94. The van der Waals surface area contributed by atoms with E-state index in [0.717, 1.165) is 30.2 Å². The van der Waals surface area contributed by atoms with Crippen molar-refractivity contribution < 1.29 is 0 Å². The van der Waals surface area contributed by atoms with E-state index in [-0.39, 0.29) is 0 Å². The van der Waals surface area contributed by atoms with E-state index >= 15 is 0 Å². The average Bonchev–Trinajstić information content (AvgIpc) is 3.14. The number of nitrogen functional groups attached to an aromatic ring is 1. The molecule has 1 heterocycles. The van der Waals surface area contributed by atoms with Crippen LogP contribution in [-0.2, 0) is 19.9 Å². The van der Waals surface area contributed by atoms with E-state index in [1.807, 2.05) is 29.9 Å². The van der Waals surface area contributed by atoms with Crippen LogP contribution in [0, 0.1) is 0 Å². The van der Waals surface area contributed by atoms with Gasteiger partial charge in [-0.2, -0.15) is 5.10 Å². The Morgan fingerprint density at radius 3 is 2.78 bits per heavy atom. The van der Waals surface area contributed by atoms with E-state index in [0.29, 0.717) is 5.92 Å². The number of nitrogens with zero attached hydrogens (tertiary/aromatic N) is 3. The Morgan fingerprint density at radius 2 is 2.06 bits per heavy atom. The Kier molecular flexibility index (Phi) is 2.78. The van der Waals surface area contributed by atoms with Gasteiger partial charge in [0, 0.05) is 25.1 Å². The molecule has 0 atom stereocenters. The first-order chi connectivity index (χ1) is 8.74. The lowest BCUT2D eigenvalue weighted by molar-refractivity contribution is 0.686. The van der Waals surface area contributed by atoms with Crippen LogP contribution in [0.4, 0.5) is 5.69 Å². The molecule has 0 saturated heterocycles. The predicted molar refractivity (Wildman–Crippen MR) is 71.2 cm³/mol. The van der Waals surface area contributed by atoms with Crippen molar-refractivity contribution in [3.05, 3.63) is 41.5 Å². The Morgan fingerprint density at radius 1 is 1.28 bits per heavy atom. The van der Waals surface area contributed by atoms with E-state index in [4.69, 9.17) is 5.73 Å². The molecule has 2 aromatic rings. The fraction of sp³-hybridized carbons (Fsp3) is 0.429. The lowest BCUT2D eigenvalue weighted by atomic mass is 10.1. The quantitative estimate of drug-likeness (QED) is 0.835. The van der Waals surface area contributed by atoms with Crippen LogP contribution < -0.4 is 5.73 Å². The number of rotatable bonds is 4. The number of anilines is 1. The summed E-state index contributed by atoms with van der Waals surface area (Å²) in [6.07, 6.45) is 4.30. The molecule has 1 saturated carbocycles. The molecular weight excluding hydrogens is 224 g/mol. The Hall–Kier alpha value is -1.84. The highest BCUT2D eigenvalue weighted by molar-refractivity contribution is 5.46. The summed E-state index contributed by atoms with van der Waals surface area (Å²) in [6, 6.07) is 8.01. The second-order valence-electron chi connectivity index (χ2n) is 4.98. The van der Waals surface area contributed by atoms with Gasteiger partial charge in [-0.1, -0.05) is 18.2 Å². The van der Waals surface area contributed by atoms with Gasteiger partial charge in [0.25, 0.3) is 0 Å². The van der Waals surface area contributed by atoms with Crippen molar-refractivity contribution in [2.45, 2.75) is 31.6 Å². The van der Waals surface area contributed by atoms with Gasteiger partial charge in [0.1, 0.15) is 5.82 Å². The zero-order valence-corrected chi connectivity index (χ0v) is 10.6. The molecule has 0 spiro atoms. The third-order valence-electron chi connectivity index (χ3n) is 3.49. The topological polar surface area (TPSA) is 56.7 Å². The molecule has 1 aromatic carbocycles. The molecule has 18 heavy (non-hydrogen) atoms. The normalized spacial score (nSPS) is 14.9. The maximum absolute atomic E-state index is 5.94. The van der Waals surface area contributed by atoms with Gasteiger partial charge in [0.15, 0.2) is 5.82 Å². The summed E-state index contributed by atoms with van der Waals surface area (Å²) in [5.74, 6) is 2.69.